The zero-order valence-corrected chi connectivity index (χ0v) is 22.0. The molecule has 11 heteroatoms. The van der Waals surface area contributed by atoms with E-state index in [0.29, 0.717) is 22.5 Å². The highest BCUT2D eigenvalue weighted by Gasteiger charge is 2.39. The Morgan fingerprint density at radius 3 is 2.59 bits per heavy atom. The van der Waals surface area contributed by atoms with Crippen LogP contribution in [0, 0.1) is 5.92 Å². The van der Waals surface area contributed by atoms with Crippen LogP contribution in [0.1, 0.15) is 80.2 Å². The number of hydrogen-bond acceptors (Lipinski definition) is 6. The Bertz CT molecular complexity index is 1480. The van der Waals surface area contributed by atoms with Gasteiger partial charge in [0, 0.05) is 35.5 Å². The van der Waals surface area contributed by atoms with Crippen molar-refractivity contribution in [2.75, 3.05) is 6.61 Å². The number of aromatic amines is 1. The van der Waals surface area contributed by atoms with E-state index in [4.69, 9.17) is 0 Å². The predicted octanol–water partition coefficient (Wildman–Crippen LogP) is 5.27. The van der Waals surface area contributed by atoms with Crippen molar-refractivity contribution in [1.29, 1.82) is 0 Å². The van der Waals surface area contributed by atoms with Crippen molar-refractivity contribution < 1.29 is 18.3 Å². The van der Waals surface area contributed by atoms with Crippen LogP contribution in [0.5, 0.6) is 0 Å². The summed E-state index contributed by atoms with van der Waals surface area (Å²) >= 11 is 0. The molecule has 0 bridgehead atoms. The van der Waals surface area contributed by atoms with Gasteiger partial charge in [0.15, 0.2) is 0 Å². The molecule has 4 aromatic rings. The van der Waals surface area contributed by atoms with Crippen LogP contribution in [-0.2, 0) is 13.2 Å². The predicted molar refractivity (Wildman–Crippen MR) is 140 cm³/mol. The molecule has 6 rings (SSSR count). The Balaban J connectivity index is 1.44. The molecule has 2 aliphatic rings. The molecule has 1 aromatic carbocycles. The van der Waals surface area contributed by atoms with Crippen LogP contribution in [0.3, 0.4) is 0 Å². The number of alkyl halides is 3. The van der Waals surface area contributed by atoms with Crippen LogP contribution in [0.2, 0.25) is 0 Å². The van der Waals surface area contributed by atoms with Crippen LogP contribution < -0.4 is 5.32 Å². The highest BCUT2D eigenvalue weighted by atomic mass is 19.4. The molecule has 0 aliphatic heterocycles. The van der Waals surface area contributed by atoms with Gasteiger partial charge in [0.1, 0.15) is 23.5 Å². The van der Waals surface area contributed by atoms with E-state index in [1.54, 1.807) is 13.3 Å². The Kier molecular flexibility index (Phi) is 6.46. The summed E-state index contributed by atoms with van der Waals surface area (Å²) in [6.07, 6.45) is 2.93. The van der Waals surface area contributed by atoms with E-state index in [1.165, 1.54) is 6.42 Å². The smallest absolute Gasteiger partial charge is 0.394 e. The van der Waals surface area contributed by atoms with Gasteiger partial charge in [-0.3, -0.25) is 5.10 Å². The average Bonchev–Trinajstić information content (AvgIpc) is 3.48. The fourth-order valence-electron chi connectivity index (χ4n) is 6.06. The Labute approximate surface area is 224 Å². The van der Waals surface area contributed by atoms with Crippen LogP contribution in [0.4, 0.5) is 13.2 Å². The van der Waals surface area contributed by atoms with Crippen molar-refractivity contribution in [2.45, 2.75) is 69.1 Å². The van der Waals surface area contributed by atoms with Gasteiger partial charge in [-0.25, -0.2) is 4.98 Å². The summed E-state index contributed by atoms with van der Waals surface area (Å²) in [6.45, 7) is 1.71. The summed E-state index contributed by atoms with van der Waals surface area (Å²) in [5, 5.41) is 29.6. The van der Waals surface area contributed by atoms with Gasteiger partial charge in [0.25, 0.3) is 0 Å². The van der Waals surface area contributed by atoms with Crippen LogP contribution in [0.15, 0.2) is 36.7 Å². The molecular formula is C28H32F3N7O. The second-order valence-electron chi connectivity index (χ2n) is 11.1. The van der Waals surface area contributed by atoms with Crippen molar-refractivity contribution in [2.24, 2.45) is 13.0 Å². The second-order valence-corrected chi connectivity index (χ2v) is 11.1. The fourth-order valence-corrected chi connectivity index (χ4v) is 6.06. The van der Waals surface area contributed by atoms with Crippen LogP contribution in [0.25, 0.3) is 22.2 Å². The van der Waals surface area contributed by atoms with Gasteiger partial charge in [-0.2, -0.15) is 18.3 Å². The number of fused-ring (bicyclic) bond motifs is 1. The summed E-state index contributed by atoms with van der Waals surface area (Å²) in [5.74, 6) is 1.35. The number of rotatable bonds is 8. The Morgan fingerprint density at radius 1 is 1.21 bits per heavy atom. The van der Waals surface area contributed by atoms with Crippen LogP contribution >= 0.6 is 0 Å². The van der Waals surface area contributed by atoms with E-state index >= 15 is 0 Å². The van der Waals surface area contributed by atoms with Gasteiger partial charge in [-0.1, -0.05) is 24.6 Å². The molecule has 0 spiro atoms. The minimum atomic E-state index is -4.62. The van der Waals surface area contributed by atoms with Gasteiger partial charge in [-0.05, 0) is 62.6 Å². The number of nitrogens with one attached hydrogen (secondary N) is 2. The fraction of sp³-hybridized carbons (Fsp3) is 0.500. The van der Waals surface area contributed by atoms with E-state index in [0.717, 1.165) is 55.1 Å². The number of H-pyrrole nitrogens is 1. The molecule has 2 saturated carbocycles. The van der Waals surface area contributed by atoms with Gasteiger partial charge < -0.3 is 15.0 Å². The van der Waals surface area contributed by atoms with Crippen molar-refractivity contribution in [3.8, 4) is 11.3 Å². The molecule has 0 amide bonds. The lowest BCUT2D eigenvalue weighted by Crippen LogP contribution is -2.54. The zero-order chi connectivity index (χ0) is 27.4. The quantitative estimate of drug-likeness (QED) is 0.282. The van der Waals surface area contributed by atoms with E-state index in [1.807, 2.05) is 35.9 Å². The molecule has 0 radical (unpaired) electrons. The van der Waals surface area contributed by atoms with Crippen LogP contribution in [-0.4, -0.2) is 47.2 Å². The van der Waals surface area contributed by atoms with E-state index in [9.17, 15) is 18.3 Å². The third-order valence-corrected chi connectivity index (χ3v) is 8.58. The number of aliphatic hydroxyl groups is 1. The van der Waals surface area contributed by atoms with Gasteiger partial charge >= 0.3 is 6.18 Å². The third kappa shape index (κ3) is 4.61. The molecule has 0 unspecified atom stereocenters. The first kappa shape index (κ1) is 25.9. The monoisotopic (exact) mass is 539 g/mol. The van der Waals surface area contributed by atoms with Crippen molar-refractivity contribution in [3.05, 3.63) is 59.4 Å². The molecule has 3 N–H and O–H groups in total. The Hall–Kier alpha value is -3.31. The SMILES string of the molecule is C[C@@H](NC1(CO)CCC1)c1nc(C(F)(F)F)cc2c(-c3cccc([C@H](c4nncn4C)C4CCC4)c3)n[nH]c12. The maximum atomic E-state index is 14.0. The number of hydrogen-bond donors (Lipinski definition) is 3. The molecule has 2 fully saturated rings. The van der Waals surface area contributed by atoms with E-state index < -0.39 is 23.5 Å². The number of pyridine rings is 1. The maximum Gasteiger partial charge on any atom is 0.433 e. The Morgan fingerprint density at radius 2 is 2.00 bits per heavy atom. The van der Waals surface area contributed by atoms with Crippen molar-refractivity contribution >= 4 is 10.9 Å². The number of aliphatic hydroxyl groups excluding tert-OH is 1. The highest BCUT2D eigenvalue weighted by molar-refractivity contribution is 5.94. The van der Waals surface area contributed by atoms with Crippen molar-refractivity contribution in [3.63, 3.8) is 0 Å². The first-order valence-corrected chi connectivity index (χ1v) is 13.5. The molecule has 2 atom stereocenters. The standard InChI is InChI=1S/C28H32F3N7O/c1-16(34-27(14-39)10-5-11-27)23-25-20(13-21(33-23)28(29,30)31)24(35-36-25)19-9-4-8-18(12-19)22(17-6-3-7-17)26-37-32-15-38(26)2/h4,8-9,12-13,15-17,22,34,39H,3,5-7,10-11,14H2,1-2H3,(H,35,36)/t16-,22-/m1/s1. The lowest BCUT2D eigenvalue weighted by Gasteiger charge is -2.43. The van der Waals surface area contributed by atoms with E-state index in [-0.39, 0.29) is 18.2 Å². The number of aromatic nitrogens is 6. The minimum Gasteiger partial charge on any atom is -0.394 e. The van der Waals surface area contributed by atoms with Gasteiger partial charge in [-0.15, -0.1) is 10.2 Å². The molecule has 3 heterocycles. The van der Waals surface area contributed by atoms with Crippen molar-refractivity contribution in [1.82, 2.24) is 35.3 Å². The van der Waals surface area contributed by atoms with Gasteiger partial charge in [0.05, 0.1) is 17.8 Å². The number of benzene rings is 1. The number of aryl methyl sites for hydroxylation is 1. The topological polar surface area (TPSA) is 105 Å². The molecule has 206 valence electrons. The lowest BCUT2D eigenvalue weighted by atomic mass is 9.72. The highest BCUT2D eigenvalue weighted by Crippen LogP contribution is 2.44. The summed E-state index contributed by atoms with van der Waals surface area (Å²) < 4.78 is 44.0. The molecule has 2 aliphatic carbocycles. The third-order valence-electron chi connectivity index (χ3n) is 8.58. The summed E-state index contributed by atoms with van der Waals surface area (Å²) in [6, 6.07) is 8.40. The normalized spacial score (nSPS) is 19.0. The number of nitrogens with zero attached hydrogens (tertiary/aromatic N) is 5. The summed E-state index contributed by atoms with van der Waals surface area (Å²) in [4.78, 5) is 4.03. The molecular weight excluding hydrogens is 507 g/mol. The maximum absolute atomic E-state index is 14.0. The van der Waals surface area contributed by atoms with Gasteiger partial charge in [0.2, 0.25) is 0 Å². The molecule has 0 saturated heterocycles. The van der Waals surface area contributed by atoms with E-state index in [2.05, 4.69) is 30.7 Å². The second kappa shape index (κ2) is 9.71. The summed E-state index contributed by atoms with van der Waals surface area (Å²) in [5.41, 5.74) is 1.45. The zero-order valence-electron chi connectivity index (χ0n) is 22.0. The first-order chi connectivity index (χ1) is 18.7. The largest absolute Gasteiger partial charge is 0.433 e. The average molecular weight is 540 g/mol. The molecule has 3 aromatic heterocycles. The molecule has 8 nitrogen and oxygen atoms in total. The minimum absolute atomic E-state index is 0.0424. The molecule has 39 heavy (non-hydrogen) atoms. The summed E-state index contributed by atoms with van der Waals surface area (Å²) in [7, 11) is 1.93. The number of halogens is 3. The first-order valence-electron chi connectivity index (χ1n) is 13.5. The lowest BCUT2D eigenvalue weighted by molar-refractivity contribution is -0.141.